The number of nitrogens with zero attached hydrogens (tertiary/aromatic N) is 2. The van der Waals surface area contributed by atoms with Gasteiger partial charge in [0.15, 0.2) is 0 Å². The molecule has 3 rings (SSSR count). The molecule has 1 aromatic rings. The molecule has 3 atom stereocenters. The van der Waals surface area contributed by atoms with Crippen LogP contribution in [-0.4, -0.2) is 53.5 Å². The van der Waals surface area contributed by atoms with E-state index in [-0.39, 0.29) is 24.6 Å². The van der Waals surface area contributed by atoms with Crippen molar-refractivity contribution in [3.63, 3.8) is 0 Å². The fourth-order valence-corrected chi connectivity index (χ4v) is 4.00. The highest BCUT2D eigenvalue weighted by atomic mass is 19.4. The summed E-state index contributed by atoms with van der Waals surface area (Å²) in [6.45, 7) is 6.27. The molecule has 27 heavy (non-hydrogen) atoms. The number of ether oxygens (including phenoxy) is 1. The first-order valence-electron chi connectivity index (χ1n) is 9.04. The summed E-state index contributed by atoms with van der Waals surface area (Å²) in [5, 5.41) is 9.82. The number of anilines is 1. The van der Waals surface area contributed by atoms with Crippen LogP contribution in [0.4, 0.5) is 23.7 Å². The number of likely N-dealkylation sites (tertiary alicyclic amines) is 1. The molecule has 0 radical (unpaired) electrons. The number of piperidine rings is 1. The molecule has 1 aromatic carbocycles. The van der Waals surface area contributed by atoms with E-state index >= 15 is 0 Å². The first-order valence-corrected chi connectivity index (χ1v) is 9.04. The molecule has 2 saturated heterocycles. The maximum atomic E-state index is 12.8. The summed E-state index contributed by atoms with van der Waals surface area (Å²) in [4.78, 5) is 16.2. The van der Waals surface area contributed by atoms with Gasteiger partial charge >= 0.3 is 12.3 Å². The van der Waals surface area contributed by atoms with Crippen molar-refractivity contribution in [2.45, 2.75) is 51.1 Å². The molecular formula is C19H25F3N2O3. The number of halogens is 3. The van der Waals surface area contributed by atoms with Gasteiger partial charge in [-0.2, -0.15) is 13.2 Å². The predicted octanol–water partition coefficient (Wildman–Crippen LogP) is 3.51. The van der Waals surface area contributed by atoms with Gasteiger partial charge in [0.05, 0.1) is 24.3 Å². The van der Waals surface area contributed by atoms with E-state index in [9.17, 15) is 23.1 Å². The third kappa shape index (κ3) is 4.15. The van der Waals surface area contributed by atoms with E-state index in [1.165, 1.54) is 12.1 Å². The van der Waals surface area contributed by atoms with Gasteiger partial charge in [0, 0.05) is 24.7 Å². The van der Waals surface area contributed by atoms with Gasteiger partial charge in [0.25, 0.3) is 0 Å². The second-order valence-electron chi connectivity index (χ2n) is 8.24. The number of hydrogen-bond acceptors (Lipinski definition) is 4. The molecule has 2 aliphatic rings. The first-order chi connectivity index (χ1) is 12.5. The Hall–Kier alpha value is -1.96. The number of hydrogen-bond donors (Lipinski definition) is 1. The molecule has 0 aliphatic carbocycles. The summed E-state index contributed by atoms with van der Waals surface area (Å²) in [6.07, 6.45) is -4.07. The van der Waals surface area contributed by atoms with E-state index in [2.05, 4.69) is 0 Å². The Bertz CT molecular complexity index is 685. The standard InChI is InChI=1S/C19H25F3N2O3/c1-18(2,3)27-17(26)24-15-8-12(16(24)11-25)9-23(10-15)14-6-4-13(5-7-14)19(20,21)22/h4-7,12,15-16,25H,8-11H2,1-3H3/t12-,15+,16-/m0/s1. The largest absolute Gasteiger partial charge is 0.444 e. The maximum Gasteiger partial charge on any atom is 0.416 e. The van der Waals surface area contributed by atoms with Gasteiger partial charge in [-0.15, -0.1) is 0 Å². The van der Waals surface area contributed by atoms with Crippen LogP contribution in [0.25, 0.3) is 0 Å². The van der Waals surface area contributed by atoms with Crippen molar-refractivity contribution in [2.75, 3.05) is 24.6 Å². The van der Waals surface area contributed by atoms with Crippen LogP contribution in [-0.2, 0) is 10.9 Å². The van der Waals surface area contributed by atoms with E-state index in [0.29, 0.717) is 18.8 Å². The molecule has 8 heteroatoms. The molecule has 150 valence electrons. The van der Waals surface area contributed by atoms with Crippen LogP contribution in [0.3, 0.4) is 0 Å². The van der Waals surface area contributed by atoms with E-state index in [4.69, 9.17) is 4.74 Å². The third-order valence-corrected chi connectivity index (χ3v) is 5.11. The molecule has 0 saturated carbocycles. The first kappa shape index (κ1) is 19.8. The van der Waals surface area contributed by atoms with Gasteiger partial charge in [-0.1, -0.05) is 0 Å². The van der Waals surface area contributed by atoms with Crippen LogP contribution < -0.4 is 4.90 Å². The number of aliphatic hydroxyl groups excluding tert-OH is 1. The second-order valence-corrected chi connectivity index (χ2v) is 8.24. The second kappa shape index (κ2) is 6.89. The molecule has 2 aliphatic heterocycles. The van der Waals surface area contributed by atoms with E-state index in [1.807, 2.05) is 4.90 Å². The van der Waals surface area contributed by atoms with E-state index in [1.54, 1.807) is 25.7 Å². The van der Waals surface area contributed by atoms with Crippen LogP contribution >= 0.6 is 0 Å². The monoisotopic (exact) mass is 386 g/mol. The lowest BCUT2D eigenvalue weighted by Crippen LogP contribution is -2.48. The fourth-order valence-electron chi connectivity index (χ4n) is 4.00. The van der Waals surface area contributed by atoms with Gasteiger partial charge < -0.3 is 14.7 Å². The zero-order valence-electron chi connectivity index (χ0n) is 15.7. The van der Waals surface area contributed by atoms with E-state index < -0.39 is 23.4 Å². The van der Waals surface area contributed by atoms with Crippen LogP contribution in [0, 0.1) is 5.92 Å². The summed E-state index contributed by atoms with van der Waals surface area (Å²) in [5.74, 6) is 0.0450. The highest BCUT2D eigenvalue weighted by Gasteiger charge is 2.49. The Morgan fingerprint density at radius 1 is 1.19 bits per heavy atom. The van der Waals surface area contributed by atoms with Crippen molar-refractivity contribution in [3.8, 4) is 0 Å². The Labute approximate surface area is 156 Å². The molecule has 5 nitrogen and oxygen atoms in total. The number of amides is 1. The van der Waals surface area contributed by atoms with Crippen molar-refractivity contribution >= 4 is 11.8 Å². The number of alkyl halides is 3. The minimum absolute atomic E-state index is 0.0450. The zero-order chi connectivity index (χ0) is 20.0. The topological polar surface area (TPSA) is 53.0 Å². The highest BCUT2D eigenvalue weighted by molar-refractivity contribution is 5.70. The number of carbonyl (C=O) groups is 1. The van der Waals surface area contributed by atoms with E-state index in [0.717, 1.165) is 18.6 Å². The number of fused-ring (bicyclic) bond motifs is 2. The molecule has 2 fully saturated rings. The zero-order valence-corrected chi connectivity index (χ0v) is 15.7. The Balaban J connectivity index is 1.78. The van der Waals surface area contributed by atoms with Gasteiger partial charge in [0.1, 0.15) is 5.60 Å². The third-order valence-electron chi connectivity index (χ3n) is 5.11. The highest BCUT2D eigenvalue weighted by Crippen LogP contribution is 2.38. The number of carbonyl (C=O) groups excluding carboxylic acids is 1. The Morgan fingerprint density at radius 3 is 2.33 bits per heavy atom. The summed E-state index contributed by atoms with van der Waals surface area (Å²) in [5.41, 5.74) is -0.642. The normalized spacial score (nSPS) is 25.7. The van der Waals surface area contributed by atoms with Gasteiger partial charge in [-0.3, -0.25) is 4.90 Å². The summed E-state index contributed by atoms with van der Waals surface area (Å²) in [6, 6.07) is 4.57. The predicted molar refractivity (Wildman–Crippen MR) is 94.5 cm³/mol. The SMILES string of the molecule is CC(C)(C)OC(=O)N1[C@@H]2C[C@@H](CN(c3ccc(C(F)(F)F)cc3)C2)[C@@H]1CO. The van der Waals surface area contributed by atoms with Crippen LogP contribution in [0.15, 0.2) is 24.3 Å². The van der Waals surface area contributed by atoms with Gasteiger partial charge in [-0.05, 0) is 51.5 Å². The average molecular weight is 386 g/mol. The lowest BCUT2D eigenvalue weighted by Gasteiger charge is -2.34. The average Bonchev–Trinajstić information content (AvgIpc) is 2.82. The Kier molecular flexibility index (Phi) is 5.05. The van der Waals surface area contributed by atoms with Crippen molar-refractivity contribution in [2.24, 2.45) is 5.92 Å². The minimum Gasteiger partial charge on any atom is -0.444 e. The number of aliphatic hydroxyl groups is 1. The van der Waals surface area contributed by atoms with Gasteiger partial charge in [0.2, 0.25) is 0 Å². The van der Waals surface area contributed by atoms with Crippen LogP contribution in [0.2, 0.25) is 0 Å². The fraction of sp³-hybridized carbons (Fsp3) is 0.632. The minimum atomic E-state index is -4.37. The number of rotatable bonds is 2. The molecule has 1 N–H and O–H groups in total. The lowest BCUT2D eigenvalue weighted by molar-refractivity contribution is -0.137. The van der Waals surface area contributed by atoms with Gasteiger partial charge in [-0.25, -0.2) is 4.79 Å². The summed E-state index contributed by atoms with van der Waals surface area (Å²) in [7, 11) is 0. The molecule has 0 spiro atoms. The van der Waals surface area contributed by atoms with Crippen molar-refractivity contribution in [1.82, 2.24) is 4.90 Å². The van der Waals surface area contributed by atoms with Crippen LogP contribution in [0.5, 0.6) is 0 Å². The van der Waals surface area contributed by atoms with Crippen molar-refractivity contribution in [1.29, 1.82) is 0 Å². The molecule has 0 unspecified atom stereocenters. The van der Waals surface area contributed by atoms with Crippen LogP contribution in [0.1, 0.15) is 32.8 Å². The summed E-state index contributed by atoms with van der Waals surface area (Å²) >= 11 is 0. The lowest BCUT2D eigenvalue weighted by atomic mass is 9.94. The molecule has 0 aromatic heterocycles. The molecule has 2 bridgehead atoms. The number of benzene rings is 1. The molecule has 2 heterocycles. The molecule has 1 amide bonds. The van der Waals surface area contributed by atoms with Crippen molar-refractivity contribution in [3.05, 3.63) is 29.8 Å². The quantitative estimate of drug-likeness (QED) is 0.845. The maximum absolute atomic E-state index is 12.8. The Morgan fingerprint density at radius 2 is 1.81 bits per heavy atom. The summed E-state index contributed by atoms with van der Waals surface area (Å²) < 4.78 is 43.8. The molecular weight excluding hydrogens is 361 g/mol. The smallest absolute Gasteiger partial charge is 0.416 e. The van der Waals surface area contributed by atoms with Crippen molar-refractivity contribution < 1.29 is 27.8 Å².